The van der Waals surface area contributed by atoms with E-state index in [0.717, 1.165) is 0 Å². The lowest BCUT2D eigenvalue weighted by Crippen LogP contribution is -2.62. The molecule has 0 aliphatic heterocycles. The van der Waals surface area contributed by atoms with E-state index in [1.165, 1.54) is 0 Å². The molecule has 1 aliphatic carbocycles. The summed E-state index contributed by atoms with van der Waals surface area (Å²) in [7, 11) is 0. The summed E-state index contributed by atoms with van der Waals surface area (Å²) in [5.74, 6) is -11.5. The summed E-state index contributed by atoms with van der Waals surface area (Å²) >= 11 is 0. The minimum Gasteiger partial charge on any atom is -0.200 e. The van der Waals surface area contributed by atoms with Gasteiger partial charge in [0.25, 0.3) is 0 Å². The fourth-order valence-electron chi connectivity index (χ4n) is 1.77. The van der Waals surface area contributed by atoms with E-state index in [1.807, 2.05) is 0 Å². The molecule has 1 rings (SSSR count). The van der Waals surface area contributed by atoms with Crippen LogP contribution in [0.5, 0.6) is 0 Å². The third-order valence-corrected chi connectivity index (χ3v) is 2.78. The average molecular weight is 278 g/mol. The van der Waals surface area contributed by atoms with Crippen molar-refractivity contribution in [3.05, 3.63) is 0 Å². The Morgan fingerprint density at radius 1 is 0.647 bits per heavy atom. The van der Waals surface area contributed by atoms with Crippen LogP contribution in [0.4, 0.5) is 43.9 Å². The number of hydrogen-bond donors (Lipinski definition) is 0. The van der Waals surface area contributed by atoms with Crippen LogP contribution < -0.4 is 0 Å². The van der Waals surface area contributed by atoms with Crippen molar-refractivity contribution >= 4 is 0 Å². The molecule has 0 heterocycles. The van der Waals surface area contributed by atoms with E-state index in [-0.39, 0.29) is 0 Å². The van der Waals surface area contributed by atoms with Crippen LogP contribution in [-0.4, -0.2) is 24.2 Å². The van der Waals surface area contributed by atoms with Gasteiger partial charge in [0, 0.05) is 6.42 Å². The van der Waals surface area contributed by atoms with Crippen molar-refractivity contribution in [2.45, 2.75) is 37.0 Å². The van der Waals surface area contributed by atoms with Crippen LogP contribution in [0.1, 0.15) is 12.8 Å². The van der Waals surface area contributed by atoms with Crippen molar-refractivity contribution in [1.29, 1.82) is 0 Å². The summed E-state index contributed by atoms with van der Waals surface area (Å²) in [4.78, 5) is 0. The number of rotatable bonds is 0. The molecule has 0 radical (unpaired) electrons. The number of alkyl halides is 10. The van der Waals surface area contributed by atoms with Crippen molar-refractivity contribution in [2.75, 3.05) is 0 Å². The predicted molar refractivity (Wildman–Crippen MR) is 33.7 cm³/mol. The topological polar surface area (TPSA) is 0 Å². The molecule has 1 fully saturated rings. The van der Waals surface area contributed by atoms with E-state index >= 15 is 0 Å². The second-order valence-corrected chi connectivity index (χ2v) is 3.68. The van der Waals surface area contributed by atoms with Crippen LogP contribution >= 0.6 is 0 Å². The first-order valence-electron chi connectivity index (χ1n) is 4.10. The van der Waals surface area contributed by atoms with Gasteiger partial charge in [-0.05, 0) is 6.42 Å². The maximum Gasteiger partial charge on any atom is 0.409 e. The van der Waals surface area contributed by atoms with Crippen LogP contribution in [0.15, 0.2) is 0 Å². The minimum absolute atomic E-state index is 2.17. The molecule has 10 heteroatoms. The van der Waals surface area contributed by atoms with Gasteiger partial charge < -0.3 is 0 Å². The Balaban J connectivity index is 3.50. The smallest absolute Gasteiger partial charge is 0.200 e. The van der Waals surface area contributed by atoms with Gasteiger partial charge in [-0.3, -0.25) is 0 Å². The highest BCUT2D eigenvalue weighted by molar-refractivity contribution is 5.14. The Morgan fingerprint density at radius 3 is 1.12 bits per heavy atom. The van der Waals surface area contributed by atoms with Crippen LogP contribution in [0, 0.1) is 5.41 Å². The first-order chi connectivity index (χ1) is 7.21. The molecule has 0 spiro atoms. The highest BCUT2D eigenvalue weighted by Gasteiger charge is 2.90. The molecule has 0 atom stereocenters. The number of hydrogen-bond acceptors (Lipinski definition) is 0. The molecule has 1 aliphatic rings. The molecule has 17 heavy (non-hydrogen) atoms. The normalized spacial score (nSPS) is 27.2. The molecular weight excluding hydrogens is 274 g/mol. The molecular formula is C7H4F10. The fourth-order valence-corrected chi connectivity index (χ4v) is 1.77. The highest BCUT2D eigenvalue weighted by Crippen LogP contribution is 2.70. The summed E-state index contributed by atoms with van der Waals surface area (Å²) in [6.07, 6.45) is -17.6. The van der Waals surface area contributed by atoms with Crippen molar-refractivity contribution in [2.24, 2.45) is 5.41 Å². The van der Waals surface area contributed by atoms with Crippen LogP contribution in [0.2, 0.25) is 0 Å². The molecule has 0 saturated heterocycles. The molecule has 0 nitrogen and oxygen atoms in total. The summed E-state index contributed by atoms with van der Waals surface area (Å²) in [6.45, 7) is 0. The summed E-state index contributed by atoms with van der Waals surface area (Å²) < 4.78 is 124. The summed E-state index contributed by atoms with van der Waals surface area (Å²) in [5.41, 5.74) is -5.68. The second-order valence-electron chi connectivity index (χ2n) is 3.68. The van der Waals surface area contributed by atoms with Crippen LogP contribution in [-0.2, 0) is 0 Å². The molecule has 0 bridgehead atoms. The van der Waals surface area contributed by atoms with E-state index < -0.39 is 42.5 Å². The summed E-state index contributed by atoms with van der Waals surface area (Å²) in [5, 5.41) is 0. The van der Waals surface area contributed by atoms with E-state index in [9.17, 15) is 43.9 Å². The fraction of sp³-hybridized carbons (Fsp3) is 1.00. The first-order valence-corrected chi connectivity index (χ1v) is 4.10. The molecule has 0 aromatic heterocycles. The van der Waals surface area contributed by atoms with Crippen molar-refractivity contribution in [3.8, 4) is 0 Å². The van der Waals surface area contributed by atoms with Crippen LogP contribution in [0.25, 0.3) is 0 Å². The highest BCUT2D eigenvalue weighted by atomic mass is 19.4. The van der Waals surface area contributed by atoms with Crippen molar-refractivity contribution in [1.82, 2.24) is 0 Å². The van der Waals surface area contributed by atoms with Crippen molar-refractivity contribution in [3.63, 3.8) is 0 Å². The Hall–Kier alpha value is -0.700. The van der Waals surface area contributed by atoms with Gasteiger partial charge in [0.05, 0.1) is 0 Å². The van der Waals surface area contributed by atoms with Gasteiger partial charge in [-0.1, -0.05) is 0 Å². The van der Waals surface area contributed by atoms with Gasteiger partial charge in [-0.25, -0.2) is 0 Å². The largest absolute Gasteiger partial charge is 0.409 e. The Kier molecular flexibility index (Phi) is 2.70. The zero-order chi connectivity index (χ0) is 13.9. The number of halogens is 10. The third-order valence-electron chi connectivity index (χ3n) is 2.78. The van der Waals surface area contributed by atoms with E-state index in [2.05, 4.69) is 0 Å². The maximum absolute atomic E-state index is 12.8. The van der Waals surface area contributed by atoms with Gasteiger partial charge in [0.2, 0.25) is 5.41 Å². The minimum atomic E-state index is -6.51. The SMILES string of the molecule is FC(F)(F)C1(C(F)(F)F)CCC(F)(F)C1(F)F. The lowest BCUT2D eigenvalue weighted by Gasteiger charge is -2.38. The lowest BCUT2D eigenvalue weighted by atomic mass is 9.81. The monoisotopic (exact) mass is 278 g/mol. The van der Waals surface area contributed by atoms with Gasteiger partial charge in [0.1, 0.15) is 0 Å². The van der Waals surface area contributed by atoms with Crippen molar-refractivity contribution < 1.29 is 43.9 Å². The van der Waals surface area contributed by atoms with E-state index in [1.54, 1.807) is 0 Å². The van der Waals surface area contributed by atoms with Gasteiger partial charge in [-0.2, -0.15) is 43.9 Å². The molecule has 0 aromatic carbocycles. The second kappa shape index (κ2) is 3.19. The Bertz CT molecular complexity index is 294. The molecule has 102 valence electrons. The first kappa shape index (κ1) is 14.4. The predicted octanol–water partition coefficient (Wildman–Crippen LogP) is 4.16. The Morgan fingerprint density at radius 2 is 1.00 bits per heavy atom. The molecule has 1 saturated carbocycles. The standard InChI is InChI=1S/C7H4F10/c8-4(9)2-1-3(5(4,10)11,6(12,13)14)7(15,16)17/h1-2H2. The van der Waals surface area contributed by atoms with Crippen LogP contribution in [0.3, 0.4) is 0 Å². The van der Waals surface area contributed by atoms with Gasteiger partial charge in [-0.15, -0.1) is 0 Å². The maximum atomic E-state index is 12.8. The summed E-state index contributed by atoms with van der Waals surface area (Å²) in [6, 6.07) is 0. The zero-order valence-electron chi connectivity index (χ0n) is 7.69. The Labute approximate surface area is 87.6 Å². The molecule has 0 N–H and O–H groups in total. The molecule has 0 aromatic rings. The van der Waals surface area contributed by atoms with E-state index in [4.69, 9.17) is 0 Å². The lowest BCUT2D eigenvalue weighted by molar-refractivity contribution is -0.409. The zero-order valence-corrected chi connectivity index (χ0v) is 7.69. The molecule has 0 unspecified atom stereocenters. The van der Waals surface area contributed by atoms with Gasteiger partial charge in [0.15, 0.2) is 0 Å². The van der Waals surface area contributed by atoms with E-state index in [0.29, 0.717) is 0 Å². The third kappa shape index (κ3) is 1.51. The molecule has 0 amide bonds. The average Bonchev–Trinajstić information content (AvgIpc) is 2.15. The van der Waals surface area contributed by atoms with Gasteiger partial charge >= 0.3 is 24.2 Å². The quantitative estimate of drug-likeness (QED) is 0.583.